The second-order valence-corrected chi connectivity index (χ2v) is 3.56. The number of pyridine rings is 1. The quantitative estimate of drug-likeness (QED) is 0.779. The Labute approximate surface area is 75.0 Å². The molecule has 0 saturated heterocycles. The molecule has 0 radical (unpaired) electrons. The van der Waals surface area contributed by atoms with E-state index in [2.05, 4.69) is 20.9 Å². The number of nitrogens with zero attached hydrogens (tertiary/aromatic N) is 1. The summed E-state index contributed by atoms with van der Waals surface area (Å²) in [6.07, 6.45) is 1.77. The van der Waals surface area contributed by atoms with Crippen molar-refractivity contribution < 1.29 is 0 Å². The minimum Gasteiger partial charge on any atom is -0.323 e. The first kappa shape index (κ1) is 8.68. The molecule has 3 heteroatoms. The van der Waals surface area contributed by atoms with Crippen LogP contribution in [0.4, 0.5) is 0 Å². The average molecular weight is 215 g/mol. The normalized spacial score (nSPS) is 13.1. The zero-order chi connectivity index (χ0) is 8.43. The van der Waals surface area contributed by atoms with Gasteiger partial charge in [-0.2, -0.15) is 0 Å². The van der Waals surface area contributed by atoms with Crippen molar-refractivity contribution in [3.8, 4) is 0 Å². The molecule has 0 amide bonds. The standard InChI is InChI=1S/C8H11BrN2/c1-5-3-7(9)4-11-8(5)6(2)10/h3-4,6H,10H2,1-2H3. The van der Waals surface area contributed by atoms with Gasteiger partial charge >= 0.3 is 0 Å². The molecule has 0 fully saturated rings. The van der Waals surface area contributed by atoms with E-state index < -0.39 is 0 Å². The van der Waals surface area contributed by atoms with Crippen molar-refractivity contribution in [2.45, 2.75) is 19.9 Å². The second kappa shape index (κ2) is 3.32. The van der Waals surface area contributed by atoms with Crippen LogP contribution in [0.5, 0.6) is 0 Å². The van der Waals surface area contributed by atoms with E-state index in [0.717, 1.165) is 15.7 Å². The van der Waals surface area contributed by atoms with Crippen LogP contribution in [-0.2, 0) is 0 Å². The van der Waals surface area contributed by atoms with Crippen molar-refractivity contribution in [3.05, 3.63) is 28.0 Å². The molecule has 1 aromatic heterocycles. The van der Waals surface area contributed by atoms with Crippen LogP contribution in [-0.4, -0.2) is 4.98 Å². The summed E-state index contributed by atoms with van der Waals surface area (Å²) in [7, 11) is 0. The Morgan fingerprint density at radius 1 is 1.64 bits per heavy atom. The summed E-state index contributed by atoms with van der Waals surface area (Å²) >= 11 is 3.34. The molecule has 0 aliphatic rings. The van der Waals surface area contributed by atoms with Gasteiger partial charge in [0.05, 0.1) is 5.69 Å². The Balaban J connectivity index is 3.09. The van der Waals surface area contributed by atoms with Crippen molar-refractivity contribution in [2.24, 2.45) is 5.73 Å². The van der Waals surface area contributed by atoms with E-state index in [9.17, 15) is 0 Å². The highest BCUT2D eigenvalue weighted by Crippen LogP contribution is 2.16. The number of nitrogens with two attached hydrogens (primary N) is 1. The predicted molar refractivity (Wildman–Crippen MR) is 49.3 cm³/mol. The van der Waals surface area contributed by atoms with Gasteiger partial charge < -0.3 is 5.73 Å². The SMILES string of the molecule is Cc1cc(Br)cnc1C(C)N. The maximum absolute atomic E-state index is 5.69. The van der Waals surface area contributed by atoms with Gasteiger partial charge in [0.1, 0.15) is 0 Å². The highest BCUT2D eigenvalue weighted by molar-refractivity contribution is 9.10. The summed E-state index contributed by atoms with van der Waals surface area (Å²) in [5, 5.41) is 0. The van der Waals surface area contributed by atoms with Crippen molar-refractivity contribution in [2.75, 3.05) is 0 Å². The lowest BCUT2D eigenvalue weighted by atomic mass is 10.1. The number of halogens is 1. The van der Waals surface area contributed by atoms with Crippen molar-refractivity contribution in [3.63, 3.8) is 0 Å². The van der Waals surface area contributed by atoms with Crippen LogP contribution in [0.2, 0.25) is 0 Å². The summed E-state index contributed by atoms with van der Waals surface area (Å²) in [6, 6.07) is 2.04. The topological polar surface area (TPSA) is 38.9 Å². The second-order valence-electron chi connectivity index (χ2n) is 2.64. The Morgan fingerprint density at radius 3 is 2.73 bits per heavy atom. The lowest BCUT2D eigenvalue weighted by Gasteiger charge is -2.07. The van der Waals surface area contributed by atoms with E-state index in [0.29, 0.717) is 0 Å². The monoisotopic (exact) mass is 214 g/mol. The largest absolute Gasteiger partial charge is 0.323 e. The number of aryl methyl sites for hydroxylation is 1. The molecule has 2 nitrogen and oxygen atoms in total. The molecule has 1 aromatic rings. The molecule has 60 valence electrons. The van der Waals surface area contributed by atoms with E-state index in [4.69, 9.17) is 5.73 Å². The zero-order valence-electron chi connectivity index (χ0n) is 6.63. The van der Waals surface area contributed by atoms with Crippen LogP contribution >= 0.6 is 15.9 Å². The molecule has 2 N–H and O–H groups in total. The Kier molecular flexibility index (Phi) is 2.62. The van der Waals surface area contributed by atoms with Gasteiger partial charge in [-0.3, -0.25) is 4.98 Å². The van der Waals surface area contributed by atoms with E-state index >= 15 is 0 Å². The fourth-order valence-corrected chi connectivity index (χ4v) is 1.47. The fourth-order valence-electron chi connectivity index (χ4n) is 1.03. The summed E-state index contributed by atoms with van der Waals surface area (Å²) < 4.78 is 0.999. The third kappa shape index (κ3) is 2.01. The van der Waals surface area contributed by atoms with Crippen LogP contribution in [0.3, 0.4) is 0 Å². The van der Waals surface area contributed by atoms with Gasteiger partial charge in [-0.15, -0.1) is 0 Å². The molecule has 0 spiro atoms. The molecular formula is C8H11BrN2. The lowest BCUT2D eigenvalue weighted by Crippen LogP contribution is -2.08. The maximum atomic E-state index is 5.69. The average Bonchev–Trinajstić information content (AvgIpc) is 1.85. The third-order valence-corrected chi connectivity index (χ3v) is 1.95. The molecule has 1 heterocycles. The first-order valence-corrected chi connectivity index (χ1v) is 4.28. The van der Waals surface area contributed by atoms with Gasteiger partial charge in [0, 0.05) is 16.7 Å². The van der Waals surface area contributed by atoms with Gasteiger partial charge in [0.25, 0.3) is 0 Å². The van der Waals surface area contributed by atoms with Crippen LogP contribution in [0.1, 0.15) is 24.2 Å². The van der Waals surface area contributed by atoms with Gasteiger partial charge in [0.15, 0.2) is 0 Å². The molecule has 1 rings (SSSR count). The molecule has 0 aliphatic carbocycles. The smallest absolute Gasteiger partial charge is 0.0598 e. The van der Waals surface area contributed by atoms with Gasteiger partial charge in [0.2, 0.25) is 0 Å². The van der Waals surface area contributed by atoms with Crippen molar-refractivity contribution in [1.82, 2.24) is 4.98 Å². The molecule has 0 aliphatic heterocycles. The summed E-state index contributed by atoms with van der Waals surface area (Å²) in [6.45, 7) is 3.94. The first-order chi connectivity index (χ1) is 5.11. The summed E-state index contributed by atoms with van der Waals surface area (Å²) in [5.74, 6) is 0. The van der Waals surface area contributed by atoms with Crippen LogP contribution in [0, 0.1) is 6.92 Å². The van der Waals surface area contributed by atoms with E-state index in [1.807, 2.05) is 19.9 Å². The first-order valence-electron chi connectivity index (χ1n) is 3.49. The van der Waals surface area contributed by atoms with Gasteiger partial charge in [-0.25, -0.2) is 0 Å². The minimum atomic E-state index is 0.0168. The van der Waals surface area contributed by atoms with E-state index in [1.165, 1.54) is 0 Å². The Bertz CT molecular complexity index is 258. The summed E-state index contributed by atoms with van der Waals surface area (Å²) in [5.41, 5.74) is 7.79. The molecule has 11 heavy (non-hydrogen) atoms. The van der Waals surface area contributed by atoms with Gasteiger partial charge in [-0.1, -0.05) is 0 Å². The Hall–Kier alpha value is -0.410. The molecule has 0 bridgehead atoms. The van der Waals surface area contributed by atoms with Crippen LogP contribution < -0.4 is 5.73 Å². The van der Waals surface area contributed by atoms with E-state index in [1.54, 1.807) is 6.20 Å². The lowest BCUT2D eigenvalue weighted by molar-refractivity contribution is 0.771. The Morgan fingerprint density at radius 2 is 2.27 bits per heavy atom. The van der Waals surface area contributed by atoms with Crippen molar-refractivity contribution in [1.29, 1.82) is 0 Å². The van der Waals surface area contributed by atoms with Crippen LogP contribution in [0.15, 0.2) is 16.7 Å². The molecular weight excluding hydrogens is 204 g/mol. The number of hydrogen-bond donors (Lipinski definition) is 1. The van der Waals surface area contributed by atoms with E-state index in [-0.39, 0.29) is 6.04 Å². The third-order valence-electron chi connectivity index (χ3n) is 1.52. The predicted octanol–water partition coefficient (Wildman–Crippen LogP) is 2.17. The maximum Gasteiger partial charge on any atom is 0.0598 e. The minimum absolute atomic E-state index is 0.0168. The molecule has 1 atom stereocenters. The molecule has 0 saturated carbocycles. The number of hydrogen-bond acceptors (Lipinski definition) is 2. The molecule has 0 aromatic carbocycles. The van der Waals surface area contributed by atoms with Gasteiger partial charge in [-0.05, 0) is 41.4 Å². The van der Waals surface area contributed by atoms with Crippen LogP contribution in [0.25, 0.3) is 0 Å². The fraction of sp³-hybridized carbons (Fsp3) is 0.375. The number of aromatic nitrogens is 1. The molecule has 1 unspecified atom stereocenters. The van der Waals surface area contributed by atoms with Crippen molar-refractivity contribution >= 4 is 15.9 Å². The number of rotatable bonds is 1. The highest BCUT2D eigenvalue weighted by Gasteiger charge is 2.04. The highest BCUT2D eigenvalue weighted by atomic mass is 79.9. The zero-order valence-corrected chi connectivity index (χ0v) is 8.22. The summed E-state index contributed by atoms with van der Waals surface area (Å²) in [4.78, 5) is 4.21.